The molecule has 0 radical (unpaired) electrons. The largest absolute Gasteiger partial charge is 0.726 e. The number of ketones is 1. The van der Waals surface area contributed by atoms with Crippen LogP contribution >= 0.6 is 0 Å². The van der Waals surface area contributed by atoms with Crippen LogP contribution in [0.3, 0.4) is 0 Å². The summed E-state index contributed by atoms with van der Waals surface area (Å²) in [6.07, 6.45) is 0.837. The fraction of sp³-hybridized carbons (Fsp3) is 0.235. The molecule has 4 N–H and O–H groups in total. The van der Waals surface area contributed by atoms with Gasteiger partial charge >= 0.3 is 5.69 Å². The summed E-state index contributed by atoms with van der Waals surface area (Å²) >= 11 is 0. The zero-order valence-electron chi connectivity index (χ0n) is 14.9. The van der Waals surface area contributed by atoms with E-state index in [1.54, 1.807) is 0 Å². The third kappa shape index (κ3) is 9.19. The van der Waals surface area contributed by atoms with E-state index in [-0.39, 0.29) is 23.9 Å². The van der Waals surface area contributed by atoms with Crippen molar-refractivity contribution in [1.29, 1.82) is 0 Å². The molecule has 0 spiro atoms. The van der Waals surface area contributed by atoms with Gasteiger partial charge in [-0.3, -0.25) is 19.5 Å². The highest BCUT2D eigenvalue weighted by Gasteiger charge is 2.18. The summed E-state index contributed by atoms with van der Waals surface area (Å²) in [6, 6.07) is 13.9. The number of hydrogen-bond donors (Lipinski definition) is 3. The summed E-state index contributed by atoms with van der Waals surface area (Å²) in [6.45, 7) is 2.23. The molecule has 2 aromatic carbocycles. The van der Waals surface area contributed by atoms with Crippen LogP contribution in [0.4, 0.5) is 5.69 Å². The minimum Gasteiger partial charge on any atom is -0.726 e. The highest BCUT2D eigenvalue weighted by atomic mass is 32.3. The summed E-state index contributed by atoms with van der Waals surface area (Å²) in [5, 5.41) is 22.1. The third-order valence-corrected chi connectivity index (χ3v) is 3.60. The number of Topliss-reactive ketones (excluding diaryl/α,β-unsaturated/α-hetero) is 1. The first kappa shape index (κ1) is 23.2. The van der Waals surface area contributed by atoms with Crippen molar-refractivity contribution in [2.45, 2.75) is 19.4 Å². The molecule has 0 aromatic heterocycles. The average Bonchev–Trinajstić information content (AvgIpc) is 2.59. The van der Waals surface area contributed by atoms with Crippen molar-refractivity contribution >= 4 is 21.9 Å². The molecule has 0 heterocycles. The van der Waals surface area contributed by atoms with Crippen molar-refractivity contribution in [3.63, 3.8) is 0 Å². The normalized spacial score (nSPS) is 11.8. The van der Waals surface area contributed by atoms with E-state index in [1.807, 2.05) is 42.6 Å². The monoisotopic (exact) mass is 412 g/mol. The van der Waals surface area contributed by atoms with Gasteiger partial charge in [-0.15, -0.1) is 0 Å². The molecule has 1 unspecified atom stereocenters. The summed E-state index contributed by atoms with van der Waals surface area (Å²) in [4.78, 5) is 22.2. The molecule has 0 saturated carbocycles. The Morgan fingerprint density at radius 1 is 1.21 bits per heavy atom. The molecule has 152 valence electrons. The second kappa shape index (κ2) is 10.5. The van der Waals surface area contributed by atoms with E-state index in [1.165, 1.54) is 17.7 Å². The van der Waals surface area contributed by atoms with Crippen LogP contribution in [0.5, 0.6) is 5.75 Å². The molecule has 0 aliphatic carbocycles. The predicted molar refractivity (Wildman–Crippen MR) is 97.8 cm³/mol. The topological polar surface area (TPSA) is 174 Å². The van der Waals surface area contributed by atoms with Gasteiger partial charge in [-0.05, 0) is 24.6 Å². The molecule has 11 heteroatoms. The first-order valence-electron chi connectivity index (χ1n) is 8.03. The second-order valence-electron chi connectivity index (χ2n) is 5.92. The highest BCUT2D eigenvalue weighted by molar-refractivity contribution is 7.79. The lowest BCUT2D eigenvalue weighted by atomic mass is 10.1. The van der Waals surface area contributed by atoms with E-state index < -0.39 is 26.8 Å². The number of nitro benzene ring substituents is 1. The Morgan fingerprint density at radius 2 is 1.79 bits per heavy atom. The number of quaternary nitrogens is 1. The van der Waals surface area contributed by atoms with Crippen molar-refractivity contribution in [2.75, 3.05) is 6.54 Å². The zero-order valence-corrected chi connectivity index (χ0v) is 15.7. The number of nitrogens with two attached hydrogens (primary N) is 1. The number of aromatic hydroxyl groups is 1. The number of carbonyl (C=O) groups is 1. The summed E-state index contributed by atoms with van der Waals surface area (Å²) in [5.74, 6) is -0.638. The van der Waals surface area contributed by atoms with Crippen molar-refractivity contribution < 1.29 is 37.7 Å². The Hall–Kier alpha value is -2.86. The van der Waals surface area contributed by atoms with Crippen molar-refractivity contribution in [3.05, 3.63) is 69.8 Å². The van der Waals surface area contributed by atoms with Gasteiger partial charge in [-0.1, -0.05) is 30.3 Å². The molecular formula is C17H20N2O8S. The van der Waals surface area contributed by atoms with Gasteiger partial charge < -0.3 is 15.0 Å². The predicted octanol–water partition coefficient (Wildman–Crippen LogP) is 0.682. The Kier molecular flexibility index (Phi) is 8.67. The lowest BCUT2D eigenvalue weighted by molar-refractivity contribution is -0.674. The average molecular weight is 412 g/mol. The van der Waals surface area contributed by atoms with Crippen LogP contribution in [0.1, 0.15) is 22.8 Å². The molecule has 10 nitrogen and oxygen atoms in total. The number of nitrogens with zero attached hydrogens (tertiary/aromatic N) is 1. The molecule has 2 rings (SSSR count). The van der Waals surface area contributed by atoms with Crippen LogP contribution in [0.25, 0.3) is 0 Å². The lowest BCUT2D eigenvalue weighted by Gasteiger charge is -2.10. The van der Waals surface area contributed by atoms with Gasteiger partial charge in [0.1, 0.15) is 6.54 Å². The Labute approximate surface area is 161 Å². The molecule has 28 heavy (non-hydrogen) atoms. The maximum absolute atomic E-state index is 12.2. The van der Waals surface area contributed by atoms with E-state index >= 15 is 0 Å². The number of hydrogen-bond acceptors (Lipinski definition) is 7. The van der Waals surface area contributed by atoms with Gasteiger partial charge in [0.25, 0.3) is 0 Å². The highest BCUT2D eigenvalue weighted by Crippen LogP contribution is 2.26. The molecule has 0 aliphatic rings. The van der Waals surface area contributed by atoms with Gasteiger partial charge in [0.05, 0.1) is 11.0 Å². The SMILES string of the molecule is CC(Cc1ccccc1)[NH2+]CC(=O)c1ccc(O)c([N+](=O)[O-])c1.O=S(=O)([O-])O. The van der Waals surface area contributed by atoms with E-state index in [9.17, 15) is 20.0 Å². The fourth-order valence-electron chi connectivity index (χ4n) is 2.34. The Morgan fingerprint density at radius 3 is 2.32 bits per heavy atom. The van der Waals surface area contributed by atoms with E-state index in [4.69, 9.17) is 17.5 Å². The maximum atomic E-state index is 12.2. The number of phenols is 1. The minimum atomic E-state index is -4.92. The fourth-order valence-corrected chi connectivity index (χ4v) is 2.34. The molecule has 2 aromatic rings. The maximum Gasteiger partial charge on any atom is 0.311 e. The molecule has 0 bridgehead atoms. The van der Waals surface area contributed by atoms with Crippen LogP contribution in [-0.2, 0) is 16.8 Å². The van der Waals surface area contributed by atoms with Crippen LogP contribution in [-0.4, -0.2) is 45.9 Å². The number of carbonyl (C=O) groups excluding carboxylic acids is 1. The number of phenolic OH excluding ortho intramolecular Hbond substituents is 1. The number of benzene rings is 2. The Bertz CT molecular complexity index is 908. The zero-order chi connectivity index (χ0) is 21.3. The van der Waals surface area contributed by atoms with Crippen molar-refractivity contribution in [1.82, 2.24) is 0 Å². The standard InChI is InChI=1S/C17H18N2O4.H2O4S/c1-12(9-13-5-3-2-4-6-13)18-11-17(21)14-7-8-16(20)15(10-14)19(22)23;1-5(2,3)4/h2-8,10,12,18,20H,9,11H2,1H3;(H2,1,2,3,4). The lowest BCUT2D eigenvalue weighted by Crippen LogP contribution is -2.91. The molecule has 0 fully saturated rings. The summed E-state index contributed by atoms with van der Waals surface area (Å²) in [7, 11) is -4.92. The van der Waals surface area contributed by atoms with E-state index in [0.717, 1.165) is 12.5 Å². The van der Waals surface area contributed by atoms with Gasteiger partial charge in [0.2, 0.25) is 16.2 Å². The van der Waals surface area contributed by atoms with E-state index in [2.05, 4.69) is 0 Å². The summed E-state index contributed by atoms with van der Waals surface area (Å²) < 4.78 is 32.8. The van der Waals surface area contributed by atoms with Crippen molar-refractivity contribution in [3.8, 4) is 5.75 Å². The minimum absolute atomic E-state index is 0.201. The van der Waals surface area contributed by atoms with Gasteiger partial charge in [-0.2, -0.15) is 0 Å². The quantitative estimate of drug-likeness (QED) is 0.196. The van der Waals surface area contributed by atoms with Gasteiger partial charge in [0, 0.05) is 18.1 Å². The number of nitro groups is 1. The van der Waals surface area contributed by atoms with Crippen LogP contribution in [0.2, 0.25) is 0 Å². The molecule has 0 saturated heterocycles. The van der Waals surface area contributed by atoms with Crippen LogP contribution in [0, 0.1) is 10.1 Å². The van der Waals surface area contributed by atoms with Crippen molar-refractivity contribution in [2.24, 2.45) is 0 Å². The molecular weight excluding hydrogens is 392 g/mol. The summed E-state index contributed by atoms with van der Waals surface area (Å²) in [5.41, 5.74) is 0.981. The Balaban J connectivity index is 0.000000696. The van der Waals surface area contributed by atoms with E-state index in [0.29, 0.717) is 0 Å². The smallest absolute Gasteiger partial charge is 0.311 e. The second-order valence-corrected chi connectivity index (χ2v) is 6.77. The van der Waals surface area contributed by atoms with Crippen LogP contribution in [0.15, 0.2) is 48.5 Å². The first-order chi connectivity index (χ1) is 13.0. The van der Waals surface area contributed by atoms with Crippen LogP contribution < -0.4 is 5.32 Å². The molecule has 1 atom stereocenters. The molecule has 0 aliphatic heterocycles. The molecule has 0 amide bonds. The van der Waals surface area contributed by atoms with Gasteiger partial charge in [-0.25, -0.2) is 8.42 Å². The first-order valence-corrected chi connectivity index (χ1v) is 9.40. The number of rotatable bonds is 7. The third-order valence-electron chi connectivity index (χ3n) is 3.60. The van der Waals surface area contributed by atoms with Gasteiger partial charge in [0.15, 0.2) is 5.75 Å².